The van der Waals surface area contributed by atoms with Crippen molar-refractivity contribution in [3.63, 3.8) is 0 Å². The average Bonchev–Trinajstić information content (AvgIpc) is 2.79. The van der Waals surface area contributed by atoms with Crippen LogP contribution in [0.2, 0.25) is 0 Å². The van der Waals surface area contributed by atoms with Gasteiger partial charge in [0.15, 0.2) is 6.61 Å². The van der Waals surface area contributed by atoms with Gasteiger partial charge in [0.2, 0.25) is 5.78 Å². The number of rotatable bonds is 4. The maximum atomic E-state index is 12.8. The Hall–Kier alpha value is -2.03. The molecular formula is C22H31NO2. The largest absolute Gasteiger partial charge is 0.485 e. The minimum Gasteiger partial charge on any atom is -0.485 e. The summed E-state index contributed by atoms with van der Waals surface area (Å²) >= 11 is 0. The molecule has 136 valence electrons. The summed E-state index contributed by atoms with van der Waals surface area (Å²) < 4.78 is 8.12. The number of ketones is 1. The maximum Gasteiger partial charge on any atom is 0.202 e. The van der Waals surface area contributed by atoms with E-state index >= 15 is 0 Å². The van der Waals surface area contributed by atoms with Gasteiger partial charge in [-0.15, -0.1) is 0 Å². The molecule has 3 nitrogen and oxygen atoms in total. The average molecular weight is 341 g/mol. The normalized spacial score (nSPS) is 12.3. The third kappa shape index (κ3) is 4.15. The van der Waals surface area contributed by atoms with Gasteiger partial charge in [-0.1, -0.05) is 39.0 Å². The Morgan fingerprint density at radius 3 is 2.16 bits per heavy atom. The molecule has 0 aliphatic heterocycles. The van der Waals surface area contributed by atoms with Crippen molar-refractivity contribution in [3.05, 3.63) is 52.8 Å². The quantitative estimate of drug-likeness (QED) is 0.695. The fourth-order valence-corrected chi connectivity index (χ4v) is 3.51. The lowest BCUT2D eigenvalue weighted by atomic mass is 9.86. The number of hydrogen-bond donors (Lipinski definition) is 0. The number of hydrogen-bond acceptors (Lipinski definition) is 2. The van der Waals surface area contributed by atoms with Gasteiger partial charge in [0.05, 0.1) is 0 Å². The Balaban J connectivity index is 2.23. The van der Waals surface area contributed by atoms with E-state index in [0.717, 1.165) is 28.3 Å². The first-order chi connectivity index (χ1) is 11.4. The molecule has 0 radical (unpaired) electrons. The molecule has 1 aromatic heterocycles. The van der Waals surface area contributed by atoms with Crippen molar-refractivity contribution >= 4 is 5.78 Å². The van der Waals surface area contributed by atoms with E-state index in [0.29, 0.717) is 0 Å². The highest BCUT2D eigenvalue weighted by molar-refractivity contribution is 5.98. The molecule has 0 fully saturated rings. The summed E-state index contributed by atoms with van der Waals surface area (Å²) in [6, 6.07) is 9.92. The van der Waals surface area contributed by atoms with Crippen LogP contribution >= 0.6 is 0 Å². The number of nitrogens with zero attached hydrogens (tertiary/aromatic N) is 1. The predicted octanol–water partition coefficient (Wildman–Crippen LogP) is 5.42. The lowest BCUT2D eigenvalue weighted by Crippen LogP contribution is -2.24. The molecule has 2 rings (SSSR count). The molecular weight excluding hydrogens is 310 g/mol. The highest BCUT2D eigenvalue weighted by atomic mass is 16.5. The summed E-state index contributed by atoms with van der Waals surface area (Å²) in [5.41, 5.74) is 3.89. The summed E-state index contributed by atoms with van der Waals surface area (Å²) in [5, 5.41) is 0. The van der Waals surface area contributed by atoms with E-state index in [1.165, 1.54) is 0 Å². The first-order valence-corrected chi connectivity index (χ1v) is 8.88. The van der Waals surface area contributed by atoms with Gasteiger partial charge >= 0.3 is 0 Å². The summed E-state index contributed by atoms with van der Waals surface area (Å²) in [7, 11) is 0. The van der Waals surface area contributed by atoms with E-state index in [1.54, 1.807) is 0 Å². The molecule has 0 saturated carbocycles. The van der Waals surface area contributed by atoms with Gasteiger partial charge in [0.25, 0.3) is 0 Å². The Labute approximate surface area is 152 Å². The van der Waals surface area contributed by atoms with Crippen molar-refractivity contribution < 1.29 is 9.53 Å². The molecule has 0 saturated heterocycles. The number of aryl methyl sites for hydroxylation is 1. The molecule has 0 spiro atoms. The zero-order valence-electron chi connectivity index (χ0n) is 16.9. The topological polar surface area (TPSA) is 31.2 Å². The minimum atomic E-state index is -0.0492. The monoisotopic (exact) mass is 341 g/mol. The molecule has 0 atom stereocenters. The Morgan fingerprint density at radius 1 is 1.04 bits per heavy atom. The minimum absolute atomic E-state index is 0.0207. The maximum absolute atomic E-state index is 12.8. The van der Waals surface area contributed by atoms with Gasteiger partial charge < -0.3 is 9.30 Å². The fraction of sp³-hybridized carbons (Fsp3) is 0.500. The van der Waals surface area contributed by atoms with Gasteiger partial charge in [-0.2, -0.15) is 0 Å². The lowest BCUT2D eigenvalue weighted by molar-refractivity contribution is 0.0919. The molecule has 1 heterocycles. The second-order valence-corrected chi connectivity index (χ2v) is 8.75. The predicted molar refractivity (Wildman–Crippen MR) is 104 cm³/mol. The molecule has 0 aliphatic carbocycles. The number of carbonyl (C=O) groups excluding carboxylic acids is 1. The van der Waals surface area contributed by atoms with Crippen LogP contribution in [0.3, 0.4) is 0 Å². The van der Waals surface area contributed by atoms with Crippen molar-refractivity contribution in [3.8, 4) is 5.75 Å². The molecule has 0 amide bonds. The molecule has 0 bridgehead atoms. The Bertz CT molecular complexity index is 770. The first kappa shape index (κ1) is 19.3. The second kappa shape index (κ2) is 6.70. The number of ether oxygens (including phenoxy) is 1. The van der Waals surface area contributed by atoms with Crippen LogP contribution in [0.5, 0.6) is 5.75 Å². The van der Waals surface area contributed by atoms with E-state index < -0.39 is 0 Å². The molecule has 25 heavy (non-hydrogen) atoms. The zero-order valence-corrected chi connectivity index (χ0v) is 16.9. The smallest absolute Gasteiger partial charge is 0.202 e. The van der Waals surface area contributed by atoms with Crippen LogP contribution < -0.4 is 4.74 Å². The van der Waals surface area contributed by atoms with Crippen LogP contribution in [-0.2, 0) is 11.0 Å². The van der Waals surface area contributed by atoms with Gasteiger partial charge in [-0.3, -0.25) is 4.79 Å². The van der Waals surface area contributed by atoms with E-state index in [1.807, 2.05) is 38.1 Å². The molecule has 0 aliphatic rings. The van der Waals surface area contributed by atoms with Gasteiger partial charge in [0.1, 0.15) is 5.75 Å². The third-order valence-electron chi connectivity index (χ3n) is 4.46. The van der Waals surface area contributed by atoms with E-state index in [9.17, 15) is 4.79 Å². The first-order valence-electron chi connectivity index (χ1n) is 8.88. The second-order valence-electron chi connectivity index (χ2n) is 8.75. The summed E-state index contributed by atoms with van der Waals surface area (Å²) in [6.45, 7) is 17.0. The third-order valence-corrected chi connectivity index (χ3v) is 4.46. The molecule has 1 aromatic carbocycles. The van der Waals surface area contributed by atoms with Gasteiger partial charge in [-0.05, 0) is 57.7 Å². The zero-order chi connectivity index (χ0) is 19.0. The van der Waals surface area contributed by atoms with Crippen LogP contribution in [0.4, 0.5) is 0 Å². The molecule has 0 N–H and O–H groups in total. The van der Waals surface area contributed by atoms with Crippen LogP contribution in [0.15, 0.2) is 30.3 Å². The highest BCUT2D eigenvalue weighted by Gasteiger charge is 2.24. The molecule has 3 heteroatoms. The lowest BCUT2D eigenvalue weighted by Gasteiger charge is -2.26. The van der Waals surface area contributed by atoms with Crippen LogP contribution in [0.25, 0.3) is 0 Å². The summed E-state index contributed by atoms with van der Waals surface area (Å²) in [6.07, 6.45) is 0. The van der Waals surface area contributed by atoms with Gasteiger partial charge in [-0.25, -0.2) is 0 Å². The number of Topliss-reactive ketones (excluding diaryl/α,β-unsaturated/α-hetero) is 1. The highest BCUT2D eigenvalue weighted by Crippen LogP contribution is 2.31. The Morgan fingerprint density at radius 2 is 1.64 bits per heavy atom. The van der Waals surface area contributed by atoms with E-state index in [-0.39, 0.29) is 23.3 Å². The standard InChI is InChI=1S/C22H31NO2/c1-15-13-17(16(2)23(15)22(6,7)8)19(24)14-25-20-12-10-9-11-18(20)21(3,4)5/h9-13H,14H2,1-8H3. The van der Waals surface area contributed by atoms with Crippen LogP contribution in [-0.4, -0.2) is 17.0 Å². The van der Waals surface area contributed by atoms with Crippen molar-refractivity contribution in [2.75, 3.05) is 6.61 Å². The van der Waals surface area contributed by atoms with Crippen molar-refractivity contribution in [1.29, 1.82) is 0 Å². The van der Waals surface area contributed by atoms with Crippen molar-refractivity contribution in [2.24, 2.45) is 0 Å². The number of aromatic nitrogens is 1. The SMILES string of the molecule is Cc1cc(C(=O)COc2ccccc2C(C)(C)C)c(C)n1C(C)(C)C. The summed E-state index contributed by atoms with van der Waals surface area (Å²) in [4.78, 5) is 12.8. The van der Waals surface area contributed by atoms with Crippen LogP contribution in [0.1, 0.15) is 68.9 Å². The van der Waals surface area contributed by atoms with E-state index in [2.05, 4.69) is 52.2 Å². The van der Waals surface area contributed by atoms with Crippen molar-refractivity contribution in [2.45, 2.75) is 66.3 Å². The number of carbonyl (C=O) groups is 1. The fourth-order valence-electron chi connectivity index (χ4n) is 3.51. The van der Waals surface area contributed by atoms with Crippen molar-refractivity contribution in [1.82, 2.24) is 4.57 Å². The molecule has 2 aromatic rings. The number of benzene rings is 1. The van der Waals surface area contributed by atoms with Crippen LogP contribution in [0, 0.1) is 13.8 Å². The molecule has 0 unspecified atom stereocenters. The Kier molecular flexibility index (Phi) is 5.17. The number of para-hydroxylation sites is 1. The summed E-state index contributed by atoms with van der Waals surface area (Å²) in [5.74, 6) is 0.806. The van der Waals surface area contributed by atoms with E-state index in [4.69, 9.17) is 4.74 Å². The van der Waals surface area contributed by atoms with Gasteiger partial charge in [0, 0.05) is 22.5 Å².